The Hall–Kier alpha value is -1.32. The molecule has 1 atom stereocenters. The summed E-state index contributed by atoms with van der Waals surface area (Å²) >= 11 is 2.32. The summed E-state index contributed by atoms with van der Waals surface area (Å²) in [6.07, 6.45) is 5.72. The van der Waals surface area contributed by atoms with Crippen molar-refractivity contribution in [2.24, 2.45) is 0 Å². The number of likely N-dealkylation sites (tertiary alicyclic amines) is 1. The molecule has 1 aromatic rings. The Morgan fingerprint density at radius 1 is 1.32 bits per heavy atom. The van der Waals surface area contributed by atoms with E-state index in [4.69, 9.17) is 14.3 Å². The van der Waals surface area contributed by atoms with Crippen molar-refractivity contribution in [2.45, 2.75) is 25.4 Å². The van der Waals surface area contributed by atoms with E-state index in [-0.39, 0.29) is 11.9 Å². The van der Waals surface area contributed by atoms with Gasteiger partial charge in [-0.25, -0.2) is 5.06 Å². The van der Waals surface area contributed by atoms with Crippen LogP contribution in [0.5, 0.6) is 11.5 Å². The summed E-state index contributed by atoms with van der Waals surface area (Å²) in [6.45, 7) is 1.82. The largest absolute Gasteiger partial charge is 0.493 e. The number of likely N-dealkylation sites (N-methyl/N-ethyl adjacent to an activating group) is 1. The fraction of sp³-hybridized carbons (Fsp3) is 0.500. The highest BCUT2D eigenvalue weighted by atomic mass is 127. The minimum absolute atomic E-state index is 0.157. The number of ether oxygens (including phenoxy) is 2. The number of hydrogen-bond acceptors (Lipinski definition) is 5. The number of hydroxylamine groups is 2. The SMILES string of the molecule is COc1cc(I)c(CN2CCC[C@H]2/C=C/C(=O)N(C)OC)cc1OC. The van der Waals surface area contributed by atoms with Gasteiger partial charge in [-0.2, -0.15) is 0 Å². The first-order chi connectivity index (χ1) is 12.0. The quantitative estimate of drug-likeness (QED) is 0.356. The van der Waals surface area contributed by atoms with Crippen molar-refractivity contribution in [3.05, 3.63) is 33.4 Å². The zero-order valence-corrected chi connectivity index (χ0v) is 17.3. The standard InChI is InChI=1S/C18H25IN2O4/c1-20(25-4)18(22)8-7-14-6-5-9-21(14)12-13-10-16(23-2)17(24-3)11-15(13)19/h7-8,10-11,14H,5-6,9,12H2,1-4H3/b8-7+/t14-/m0/s1. The molecule has 7 heteroatoms. The van der Waals surface area contributed by atoms with Crippen LogP contribution in [0.2, 0.25) is 0 Å². The van der Waals surface area contributed by atoms with Crippen molar-refractivity contribution in [3.8, 4) is 11.5 Å². The summed E-state index contributed by atoms with van der Waals surface area (Å²) in [5.74, 6) is 1.32. The molecule has 2 rings (SSSR count). The van der Waals surface area contributed by atoms with Crippen molar-refractivity contribution >= 4 is 28.5 Å². The van der Waals surface area contributed by atoms with Crippen LogP contribution in [0.3, 0.4) is 0 Å². The molecule has 0 aliphatic carbocycles. The topological polar surface area (TPSA) is 51.2 Å². The van der Waals surface area contributed by atoms with E-state index in [9.17, 15) is 4.79 Å². The lowest BCUT2D eigenvalue weighted by molar-refractivity contribution is -0.162. The van der Waals surface area contributed by atoms with E-state index in [2.05, 4.69) is 27.5 Å². The monoisotopic (exact) mass is 460 g/mol. The van der Waals surface area contributed by atoms with Gasteiger partial charge in [-0.1, -0.05) is 6.08 Å². The van der Waals surface area contributed by atoms with Gasteiger partial charge in [0.25, 0.3) is 5.91 Å². The Balaban J connectivity index is 2.11. The predicted octanol–water partition coefficient (Wildman–Crippen LogP) is 2.85. The van der Waals surface area contributed by atoms with Gasteiger partial charge in [0.2, 0.25) is 0 Å². The predicted molar refractivity (Wildman–Crippen MR) is 105 cm³/mol. The summed E-state index contributed by atoms with van der Waals surface area (Å²) in [6, 6.07) is 4.27. The van der Waals surface area contributed by atoms with Gasteiger partial charge in [-0.05, 0) is 59.7 Å². The molecule has 1 heterocycles. The Kier molecular flexibility index (Phi) is 7.52. The maximum absolute atomic E-state index is 11.9. The number of amides is 1. The summed E-state index contributed by atoms with van der Waals surface area (Å²) in [7, 11) is 6.37. The second kappa shape index (κ2) is 9.40. The molecule has 138 valence electrons. The first-order valence-corrected chi connectivity index (χ1v) is 9.22. The number of rotatable bonds is 7. The summed E-state index contributed by atoms with van der Waals surface area (Å²) in [4.78, 5) is 19.1. The van der Waals surface area contributed by atoms with Crippen molar-refractivity contribution in [1.29, 1.82) is 0 Å². The minimum atomic E-state index is -0.157. The average Bonchev–Trinajstić information content (AvgIpc) is 3.07. The molecular weight excluding hydrogens is 435 g/mol. The summed E-state index contributed by atoms with van der Waals surface area (Å²) in [5, 5.41) is 1.22. The number of carbonyl (C=O) groups is 1. The molecular formula is C18H25IN2O4. The lowest BCUT2D eigenvalue weighted by atomic mass is 10.1. The second-order valence-corrected chi connectivity index (χ2v) is 7.02. The fourth-order valence-electron chi connectivity index (χ4n) is 2.89. The van der Waals surface area contributed by atoms with Gasteiger partial charge in [0.15, 0.2) is 11.5 Å². The van der Waals surface area contributed by atoms with Crippen LogP contribution in [0.15, 0.2) is 24.3 Å². The first-order valence-electron chi connectivity index (χ1n) is 8.14. The first kappa shape index (κ1) is 20.0. The van der Waals surface area contributed by atoms with Gasteiger partial charge < -0.3 is 9.47 Å². The van der Waals surface area contributed by atoms with Crippen molar-refractivity contribution < 1.29 is 19.1 Å². The number of hydrogen-bond donors (Lipinski definition) is 0. The number of carbonyl (C=O) groups excluding carboxylic acids is 1. The van der Waals surface area contributed by atoms with Crippen molar-refractivity contribution in [3.63, 3.8) is 0 Å². The molecule has 1 fully saturated rings. The molecule has 25 heavy (non-hydrogen) atoms. The van der Waals surface area contributed by atoms with Gasteiger partial charge in [0, 0.05) is 29.3 Å². The molecule has 1 aliphatic rings. The Morgan fingerprint density at radius 2 is 2.00 bits per heavy atom. The van der Waals surface area contributed by atoms with E-state index in [1.165, 1.54) is 17.7 Å². The van der Waals surface area contributed by atoms with Gasteiger partial charge >= 0.3 is 0 Å². The highest BCUT2D eigenvalue weighted by molar-refractivity contribution is 14.1. The molecule has 0 N–H and O–H groups in total. The maximum Gasteiger partial charge on any atom is 0.269 e. The van der Waals surface area contributed by atoms with Crippen LogP contribution < -0.4 is 9.47 Å². The highest BCUT2D eigenvalue weighted by Gasteiger charge is 2.24. The van der Waals surface area contributed by atoms with Crippen LogP contribution in [0.1, 0.15) is 18.4 Å². The molecule has 0 aromatic heterocycles. The van der Waals surface area contributed by atoms with Gasteiger partial charge in [0.05, 0.1) is 21.3 Å². The molecule has 1 aromatic carbocycles. The molecule has 1 amide bonds. The van der Waals surface area contributed by atoms with E-state index in [0.717, 1.165) is 41.0 Å². The van der Waals surface area contributed by atoms with Crippen LogP contribution in [0.4, 0.5) is 0 Å². The minimum Gasteiger partial charge on any atom is -0.493 e. The average molecular weight is 460 g/mol. The van der Waals surface area contributed by atoms with E-state index >= 15 is 0 Å². The van der Waals surface area contributed by atoms with Crippen LogP contribution >= 0.6 is 22.6 Å². The Morgan fingerprint density at radius 3 is 2.64 bits per heavy atom. The third-order valence-corrected chi connectivity index (χ3v) is 5.39. The smallest absolute Gasteiger partial charge is 0.269 e. The zero-order chi connectivity index (χ0) is 18.4. The molecule has 0 bridgehead atoms. The van der Waals surface area contributed by atoms with Crippen molar-refractivity contribution in [1.82, 2.24) is 9.96 Å². The lowest BCUT2D eigenvalue weighted by Crippen LogP contribution is -2.29. The zero-order valence-electron chi connectivity index (χ0n) is 15.1. The highest BCUT2D eigenvalue weighted by Crippen LogP contribution is 2.33. The normalized spacial score (nSPS) is 17.9. The van der Waals surface area contributed by atoms with Gasteiger partial charge in [-0.15, -0.1) is 0 Å². The van der Waals surface area contributed by atoms with Crippen LogP contribution in [-0.2, 0) is 16.2 Å². The van der Waals surface area contributed by atoms with E-state index in [0.29, 0.717) is 0 Å². The molecule has 1 saturated heterocycles. The molecule has 0 spiro atoms. The number of methoxy groups -OCH3 is 2. The molecule has 0 saturated carbocycles. The third-order valence-electron chi connectivity index (χ3n) is 4.39. The van der Waals surface area contributed by atoms with Gasteiger partial charge in [0.1, 0.15) is 0 Å². The van der Waals surface area contributed by atoms with E-state index in [1.807, 2.05) is 18.2 Å². The van der Waals surface area contributed by atoms with E-state index < -0.39 is 0 Å². The molecule has 0 radical (unpaired) electrons. The third kappa shape index (κ3) is 5.08. The van der Waals surface area contributed by atoms with E-state index in [1.54, 1.807) is 27.3 Å². The van der Waals surface area contributed by atoms with Gasteiger partial charge in [-0.3, -0.25) is 14.5 Å². The Bertz CT molecular complexity index is 636. The lowest BCUT2D eigenvalue weighted by Gasteiger charge is -2.23. The van der Waals surface area contributed by atoms with Crippen LogP contribution in [-0.4, -0.2) is 56.8 Å². The summed E-state index contributed by atoms with van der Waals surface area (Å²) in [5.41, 5.74) is 1.19. The Labute approximate surface area is 162 Å². The molecule has 0 unspecified atom stereocenters. The van der Waals surface area contributed by atoms with Crippen molar-refractivity contribution in [2.75, 3.05) is 34.9 Å². The molecule has 1 aliphatic heterocycles. The fourth-order valence-corrected chi connectivity index (χ4v) is 3.50. The van der Waals surface area contributed by atoms with Crippen LogP contribution in [0, 0.1) is 3.57 Å². The second-order valence-electron chi connectivity index (χ2n) is 5.86. The van der Waals surface area contributed by atoms with Crippen LogP contribution in [0.25, 0.3) is 0 Å². The number of nitrogens with zero attached hydrogens (tertiary/aromatic N) is 2. The maximum atomic E-state index is 11.9. The summed E-state index contributed by atoms with van der Waals surface area (Å²) < 4.78 is 11.9. The number of halogens is 1. The molecule has 6 nitrogen and oxygen atoms in total. The number of benzene rings is 1.